The van der Waals surface area contributed by atoms with Gasteiger partial charge in [-0.15, -0.1) is 0 Å². The summed E-state index contributed by atoms with van der Waals surface area (Å²) in [5.41, 5.74) is 9.61. The SMILES string of the molecule is CC(=O)C1=Cc2cc(NC(=O)c3ccc(N)cc3)ncc2CCC1. The molecule has 0 radical (unpaired) electrons. The van der Waals surface area contributed by atoms with E-state index < -0.39 is 0 Å². The normalized spacial score (nSPS) is 13.5. The summed E-state index contributed by atoms with van der Waals surface area (Å²) in [5, 5.41) is 2.79. The van der Waals surface area contributed by atoms with E-state index >= 15 is 0 Å². The summed E-state index contributed by atoms with van der Waals surface area (Å²) >= 11 is 0. The molecule has 1 aliphatic rings. The largest absolute Gasteiger partial charge is 0.399 e. The number of hydrogen-bond acceptors (Lipinski definition) is 4. The molecule has 24 heavy (non-hydrogen) atoms. The third-order valence-corrected chi connectivity index (χ3v) is 4.11. The van der Waals surface area contributed by atoms with Crippen molar-refractivity contribution in [3.8, 4) is 0 Å². The Morgan fingerprint density at radius 1 is 1.17 bits per heavy atom. The molecule has 1 amide bonds. The van der Waals surface area contributed by atoms with Gasteiger partial charge < -0.3 is 11.1 Å². The molecule has 5 nitrogen and oxygen atoms in total. The van der Waals surface area contributed by atoms with Gasteiger partial charge in [-0.2, -0.15) is 0 Å². The summed E-state index contributed by atoms with van der Waals surface area (Å²) in [7, 11) is 0. The van der Waals surface area contributed by atoms with Gasteiger partial charge in [0.15, 0.2) is 5.78 Å². The highest BCUT2D eigenvalue weighted by molar-refractivity contribution is 6.04. The maximum absolute atomic E-state index is 12.3. The monoisotopic (exact) mass is 321 g/mol. The first-order valence-corrected chi connectivity index (χ1v) is 7.90. The van der Waals surface area contributed by atoms with Crippen LogP contribution in [0, 0.1) is 0 Å². The van der Waals surface area contributed by atoms with E-state index in [1.165, 1.54) is 0 Å². The van der Waals surface area contributed by atoms with Gasteiger partial charge >= 0.3 is 0 Å². The molecule has 122 valence electrons. The molecule has 1 aliphatic carbocycles. The van der Waals surface area contributed by atoms with Crippen LogP contribution in [0.3, 0.4) is 0 Å². The quantitative estimate of drug-likeness (QED) is 0.850. The van der Waals surface area contributed by atoms with E-state index in [1.54, 1.807) is 37.4 Å². The molecule has 1 aromatic carbocycles. The number of anilines is 2. The molecule has 0 aliphatic heterocycles. The summed E-state index contributed by atoms with van der Waals surface area (Å²) in [4.78, 5) is 28.3. The van der Waals surface area contributed by atoms with Gasteiger partial charge in [-0.25, -0.2) is 4.98 Å². The van der Waals surface area contributed by atoms with Crippen LogP contribution >= 0.6 is 0 Å². The second-order valence-electron chi connectivity index (χ2n) is 5.92. The number of nitrogen functional groups attached to an aromatic ring is 1. The number of nitrogens with one attached hydrogen (secondary N) is 1. The summed E-state index contributed by atoms with van der Waals surface area (Å²) < 4.78 is 0. The Kier molecular flexibility index (Phi) is 4.42. The number of rotatable bonds is 3. The highest BCUT2D eigenvalue weighted by atomic mass is 16.1. The number of amides is 1. The number of carbonyl (C=O) groups is 2. The smallest absolute Gasteiger partial charge is 0.256 e. The first-order chi connectivity index (χ1) is 11.5. The van der Waals surface area contributed by atoms with Crippen LogP contribution in [-0.4, -0.2) is 16.7 Å². The van der Waals surface area contributed by atoms with Crippen molar-refractivity contribution in [1.29, 1.82) is 0 Å². The van der Waals surface area contributed by atoms with Gasteiger partial charge in [0.2, 0.25) is 0 Å². The zero-order valence-corrected chi connectivity index (χ0v) is 13.5. The molecular weight excluding hydrogens is 302 g/mol. The summed E-state index contributed by atoms with van der Waals surface area (Å²) in [6.07, 6.45) is 6.26. The minimum Gasteiger partial charge on any atom is -0.399 e. The second kappa shape index (κ2) is 6.66. The molecule has 1 heterocycles. The lowest BCUT2D eigenvalue weighted by Crippen LogP contribution is -2.13. The zero-order valence-electron chi connectivity index (χ0n) is 13.5. The van der Waals surface area contributed by atoms with Crippen LogP contribution in [0.1, 0.15) is 41.3 Å². The van der Waals surface area contributed by atoms with Crippen LogP contribution < -0.4 is 11.1 Å². The molecule has 1 aromatic heterocycles. The Balaban J connectivity index is 1.85. The number of Topliss-reactive ketones (excluding diaryl/α,β-unsaturated/α-hetero) is 1. The Morgan fingerprint density at radius 3 is 2.62 bits per heavy atom. The van der Waals surface area contributed by atoms with E-state index in [0.29, 0.717) is 17.1 Å². The van der Waals surface area contributed by atoms with Gasteiger partial charge in [0.05, 0.1) is 0 Å². The topological polar surface area (TPSA) is 85.1 Å². The molecule has 3 N–H and O–H groups in total. The lowest BCUT2D eigenvalue weighted by molar-refractivity contribution is -0.113. The predicted octanol–water partition coefficient (Wildman–Crippen LogP) is 3.22. The molecule has 2 aromatic rings. The number of aromatic nitrogens is 1. The van der Waals surface area contributed by atoms with Gasteiger partial charge in [0.25, 0.3) is 5.91 Å². The van der Waals surface area contributed by atoms with Gasteiger partial charge in [0.1, 0.15) is 5.82 Å². The number of ketones is 1. The second-order valence-corrected chi connectivity index (χ2v) is 5.92. The average molecular weight is 321 g/mol. The van der Waals surface area contributed by atoms with E-state index in [-0.39, 0.29) is 11.7 Å². The maximum Gasteiger partial charge on any atom is 0.256 e. The van der Waals surface area contributed by atoms with Crippen molar-refractivity contribution in [1.82, 2.24) is 4.98 Å². The minimum atomic E-state index is -0.244. The van der Waals surface area contributed by atoms with Crippen LogP contribution in [0.15, 0.2) is 42.1 Å². The van der Waals surface area contributed by atoms with Crippen LogP contribution in [0.25, 0.3) is 6.08 Å². The maximum atomic E-state index is 12.3. The van der Waals surface area contributed by atoms with E-state index in [1.807, 2.05) is 12.1 Å². The molecule has 0 fully saturated rings. The van der Waals surface area contributed by atoms with Crippen molar-refractivity contribution in [3.63, 3.8) is 0 Å². The fourth-order valence-electron chi connectivity index (χ4n) is 2.74. The number of benzene rings is 1. The van der Waals surface area contributed by atoms with E-state index in [9.17, 15) is 9.59 Å². The molecule has 5 heteroatoms. The fourth-order valence-corrected chi connectivity index (χ4v) is 2.74. The molecular formula is C19H19N3O2. The van der Waals surface area contributed by atoms with E-state index in [2.05, 4.69) is 10.3 Å². The minimum absolute atomic E-state index is 0.0899. The van der Waals surface area contributed by atoms with Gasteiger partial charge in [-0.1, -0.05) is 0 Å². The lowest BCUT2D eigenvalue weighted by Gasteiger charge is -2.08. The summed E-state index contributed by atoms with van der Waals surface area (Å²) in [5.74, 6) is 0.315. The Hall–Kier alpha value is -2.95. The average Bonchev–Trinajstić information content (AvgIpc) is 2.77. The summed E-state index contributed by atoms with van der Waals surface area (Å²) in [6, 6.07) is 8.52. The van der Waals surface area contributed by atoms with Gasteiger partial charge in [0, 0.05) is 17.4 Å². The number of allylic oxidation sites excluding steroid dienone is 1. The Labute approximate surface area is 140 Å². The van der Waals surface area contributed by atoms with Crippen molar-refractivity contribution in [2.75, 3.05) is 11.1 Å². The molecule has 0 spiro atoms. The fraction of sp³-hybridized carbons (Fsp3) is 0.211. The lowest BCUT2D eigenvalue weighted by atomic mass is 10.1. The van der Waals surface area contributed by atoms with Crippen LogP contribution in [-0.2, 0) is 11.2 Å². The summed E-state index contributed by atoms with van der Waals surface area (Å²) in [6.45, 7) is 1.59. The molecule has 0 atom stereocenters. The third-order valence-electron chi connectivity index (χ3n) is 4.11. The van der Waals surface area contributed by atoms with Gasteiger partial charge in [-0.05, 0) is 79.3 Å². The zero-order chi connectivity index (χ0) is 17.1. The van der Waals surface area contributed by atoms with E-state index in [4.69, 9.17) is 5.73 Å². The third kappa shape index (κ3) is 3.51. The van der Waals surface area contributed by atoms with Crippen molar-refractivity contribution in [2.45, 2.75) is 26.2 Å². The molecule has 3 rings (SSSR count). The number of pyridine rings is 1. The van der Waals surface area contributed by atoms with Crippen molar-refractivity contribution in [3.05, 3.63) is 58.8 Å². The van der Waals surface area contributed by atoms with Crippen LogP contribution in [0.4, 0.5) is 11.5 Å². The molecule has 0 saturated heterocycles. The number of carbonyl (C=O) groups excluding carboxylic acids is 2. The Morgan fingerprint density at radius 2 is 1.92 bits per heavy atom. The van der Waals surface area contributed by atoms with Crippen molar-refractivity contribution < 1.29 is 9.59 Å². The highest BCUT2D eigenvalue weighted by Gasteiger charge is 2.14. The molecule has 0 saturated carbocycles. The number of nitrogens with two attached hydrogens (primary N) is 1. The van der Waals surface area contributed by atoms with Crippen molar-refractivity contribution >= 4 is 29.3 Å². The van der Waals surface area contributed by atoms with Crippen LogP contribution in [0.2, 0.25) is 0 Å². The molecule has 0 unspecified atom stereocenters. The Bertz CT molecular complexity index is 823. The number of aryl methyl sites for hydroxylation is 1. The first kappa shape index (κ1) is 15.9. The van der Waals surface area contributed by atoms with Crippen LogP contribution in [0.5, 0.6) is 0 Å². The first-order valence-electron chi connectivity index (χ1n) is 7.90. The standard InChI is InChI=1S/C19H19N3O2/c1-12(23)14-3-2-4-15-11-21-18(10-16(15)9-14)22-19(24)13-5-7-17(20)8-6-13/h5-11H,2-4,20H2,1H3,(H,21,22,24). The number of fused-ring (bicyclic) bond motifs is 1. The highest BCUT2D eigenvalue weighted by Crippen LogP contribution is 2.25. The van der Waals surface area contributed by atoms with Gasteiger partial charge in [-0.3, -0.25) is 9.59 Å². The molecule has 0 bridgehead atoms. The van der Waals surface area contributed by atoms with E-state index in [0.717, 1.165) is 36.0 Å². The van der Waals surface area contributed by atoms with Crippen molar-refractivity contribution in [2.24, 2.45) is 0 Å². The number of hydrogen-bond donors (Lipinski definition) is 2. The number of nitrogens with zero attached hydrogens (tertiary/aromatic N) is 1. The predicted molar refractivity (Wildman–Crippen MR) is 94.6 cm³/mol.